The Morgan fingerprint density at radius 3 is 2.52 bits per heavy atom. The average molecular weight is 288 g/mol. The first-order valence-corrected chi connectivity index (χ1v) is 8.53. The van der Waals surface area contributed by atoms with Crippen LogP contribution in [0.3, 0.4) is 0 Å². The van der Waals surface area contributed by atoms with Crippen molar-refractivity contribution in [2.75, 3.05) is 37.7 Å². The number of para-hydroxylation sites is 1. The van der Waals surface area contributed by atoms with Gasteiger partial charge in [-0.25, -0.2) is 0 Å². The van der Waals surface area contributed by atoms with Crippen LogP contribution in [0.4, 0.5) is 5.69 Å². The van der Waals surface area contributed by atoms with Gasteiger partial charge >= 0.3 is 0 Å². The number of anilines is 1. The third-order valence-corrected chi connectivity index (χ3v) is 4.57. The molecule has 0 unspecified atom stereocenters. The lowest BCUT2D eigenvalue weighted by Gasteiger charge is -2.34. The van der Waals surface area contributed by atoms with E-state index in [0.29, 0.717) is 6.04 Å². The second kappa shape index (κ2) is 7.81. The van der Waals surface area contributed by atoms with E-state index in [1.807, 2.05) is 0 Å². The molecule has 0 amide bonds. The number of rotatable bonds is 8. The van der Waals surface area contributed by atoms with E-state index in [4.69, 9.17) is 4.74 Å². The summed E-state index contributed by atoms with van der Waals surface area (Å²) in [4.78, 5) is 2.50. The van der Waals surface area contributed by atoms with Crippen molar-refractivity contribution in [3.8, 4) is 0 Å². The summed E-state index contributed by atoms with van der Waals surface area (Å²) in [7, 11) is 0. The molecule has 0 spiro atoms. The Morgan fingerprint density at radius 2 is 1.81 bits per heavy atom. The summed E-state index contributed by atoms with van der Waals surface area (Å²) in [5.74, 6) is 0.889. The van der Waals surface area contributed by atoms with Gasteiger partial charge in [-0.3, -0.25) is 0 Å². The molecule has 0 aromatic heterocycles. The lowest BCUT2D eigenvalue weighted by atomic mass is 10.0. The fourth-order valence-corrected chi connectivity index (χ4v) is 3.00. The van der Waals surface area contributed by atoms with E-state index in [-0.39, 0.29) is 0 Å². The number of hydrogen-bond acceptors (Lipinski definition) is 3. The molecular formula is C18H28N2O. The lowest BCUT2D eigenvalue weighted by Crippen LogP contribution is -2.43. The van der Waals surface area contributed by atoms with Gasteiger partial charge in [-0.05, 0) is 56.7 Å². The van der Waals surface area contributed by atoms with Crippen LogP contribution in [0.5, 0.6) is 0 Å². The molecule has 1 aliphatic carbocycles. The van der Waals surface area contributed by atoms with E-state index in [9.17, 15) is 0 Å². The molecule has 2 aliphatic rings. The quantitative estimate of drug-likeness (QED) is 0.744. The predicted octanol–water partition coefficient (Wildman–Crippen LogP) is 3.06. The molecule has 3 rings (SSSR count). The van der Waals surface area contributed by atoms with Crippen LogP contribution < -0.4 is 10.2 Å². The van der Waals surface area contributed by atoms with Crippen molar-refractivity contribution in [1.82, 2.24) is 5.32 Å². The minimum atomic E-state index is 0.688. The van der Waals surface area contributed by atoms with Gasteiger partial charge in [-0.15, -0.1) is 0 Å². The molecule has 2 fully saturated rings. The normalized spacial score (nSPS) is 19.9. The first kappa shape index (κ1) is 14.9. The van der Waals surface area contributed by atoms with Gasteiger partial charge in [0.2, 0.25) is 0 Å². The summed E-state index contributed by atoms with van der Waals surface area (Å²) in [6.45, 7) is 5.35. The standard InChI is InChI=1S/C18H28N2O/c1-2-5-18(6-3-1)20-12-9-17(10-13-20)19-11-4-14-21-15-16-7-8-16/h1-3,5-6,16-17,19H,4,7-15H2. The third kappa shape index (κ3) is 5.01. The van der Waals surface area contributed by atoms with Gasteiger partial charge < -0.3 is 15.0 Å². The lowest BCUT2D eigenvalue weighted by molar-refractivity contribution is 0.121. The SMILES string of the molecule is c1ccc(N2CCC(NCCCOCC3CC3)CC2)cc1. The minimum Gasteiger partial charge on any atom is -0.381 e. The van der Waals surface area contributed by atoms with E-state index in [0.717, 1.165) is 32.1 Å². The first-order chi connectivity index (χ1) is 10.4. The summed E-state index contributed by atoms with van der Waals surface area (Å²) in [5, 5.41) is 3.69. The first-order valence-electron chi connectivity index (χ1n) is 8.53. The third-order valence-electron chi connectivity index (χ3n) is 4.57. The molecule has 1 aromatic carbocycles. The van der Waals surface area contributed by atoms with Gasteiger partial charge in [-0.1, -0.05) is 18.2 Å². The second-order valence-electron chi connectivity index (χ2n) is 6.42. The van der Waals surface area contributed by atoms with Crippen LogP contribution in [0.1, 0.15) is 32.1 Å². The highest BCUT2D eigenvalue weighted by atomic mass is 16.5. The summed E-state index contributed by atoms with van der Waals surface area (Å²) < 4.78 is 5.67. The monoisotopic (exact) mass is 288 g/mol. The van der Waals surface area contributed by atoms with Gasteiger partial charge in [0.1, 0.15) is 0 Å². The Hall–Kier alpha value is -1.06. The largest absolute Gasteiger partial charge is 0.381 e. The van der Waals surface area contributed by atoms with Crippen LogP contribution in [-0.4, -0.2) is 38.9 Å². The topological polar surface area (TPSA) is 24.5 Å². The van der Waals surface area contributed by atoms with Crippen LogP contribution in [-0.2, 0) is 4.74 Å². The molecule has 1 saturated heterocycles. The van der Waals surface area contributed by atoms with Gasteiger partial charge in [0.25, 0.3) is 0 Å². The van der Waals surface area contributed by atoms with Crippen molar-refractivity contribution >= 4 is 5.69 Å². The van der Waals surface area contributed by atoms with Crippen molar-refractivity contribution in [1.29, 1.82) is 0 Å². The minimum absolute atomic E-state index is 0.688. The number of nitrogens with zero attached hydrogens (tertiary/aromatic N) is 1. The van der Waals surface area contributed by atoms with Crippen LogP contribution in [0, 0.1) is 5.92 Å². The fraction of sp³-hybridized carbons (Fsp3) is 0.667. The smallest absolute Gasteiger partial charge is 0.0494 e. The number of hydrogen-bond donors (Lipinski definition) is 1. The highest BCUT2D eigenvalue weighted by Crippen LogP contribution is 2.28. The summed E-state index contributed by atoms with van der Waals surface area (Å²) in [6.07, 6.45) is 6.41. The Morgan fingerprint density at radius 1 is 1.05 bits per heavy atom. The maximum absolute atomic E-state index is 5.67. The van der Waals surface area contributed by atoms with E-state index >= 15 is 0 Å². The molecule has 116 valence electrons. The van der Waals surface area contributed by atoms with Crippen molar-refractivity contribution in [3.63, 3.8) is 0 Å². The average Bonchev–Trinajstić information content (AvgIpc) is 3.36. The van der Waals surface area contributed by atoms with Gasteiger partial charge in [0.15, 0.2) is 0 Å². The summed E-state index contributed by atoms with van der Waals surface area (Å²) in [6, 6.07) is 11.5. The van der Waals surface area contributed by atoms with Crippen LogP contribution in [0.2, 0.25) is 0 Å². The Labute approximate surface area is 128 Å². The van der Waals surface area contributed by atoms with Gasteiger partial charge in [0.05, 0.1) is 0 Å². The van der Waals surface area contributed by atoms with Crippen molar-refractivity contribution in [2.24, 2.45) is 5.92 Å². The zero-order valence-corrected chi connectivity index (χ0v) is 13.0. The molecular weight excluding hydrogens is 260 g/mol. The predicted molar refractivity (Wildman–Crippen MR) is 87.8 cm³/mol. The number of piperidine rings is 1. The van der Waals surface area contributed by atoms with E-state index in [2.05, 4.69) is 40.5 Å². The molecule has 3 heteroatoms. The van der Waals surface area contributed by atoms with Crippen LogP contribution in [0.25, 0.3) is 0 Å². The fourth-order valence-electron chi connectivity index (χ4n) is 3.00. The maximum atomic E-state index is 5.67. The molecule has 0 atom stereocenters. The van der Waals surface area contributed by atoms with Crippen LogP contribution >= 0.6 is 0 Å². The van der Waals surface area contributed by atoms with Crippen molar-refractivity contribution in [2.45, 2.75) is 38.1 Å². The maximum Gasteiger partial charge on any atom is 0.0494 e. The molecule has 21 heavy (non-hydrogen) atoms. The summed E-state index contributed by atoms with van der Waals surface area (Å²) >= 11 is 0. The zero-order valence-electron chi connectivity index (χ0n) is 13.0. The zero-order chi connectivity index (χ0) is 14.3. The van der Waals surface area contributed by atoms with Gasteiger partial charge in [0, 0.05) is 38.0 Å². The molecule has 1 heterocycles. The Balaban J connectivity index is 1.25. The molecule has 1 N–H and O–H groups in total. The Bertz CT molecular complexity index is 397. The van der Waals surface area contributed by atoms with Crippen LogP contribution in [0.15, 0.2) is 30.3 Å². The highest BCUT2D eigenvalue weighted by Gasteiger charge is 2.21. The summed E-state index contributed by atoms with van der Waals surface area (Å²) in [5.41, 5.74) is 1.37. The molecule has 1 aromatic rings. The molecule has 1 saturated carbocycles. The second-order valence-corrected chi connectivity index (χ2v) is 6.42. The number of ether oxygens (including phenoxy) is 1. The number of benzene rings is 1. The van der Waals surface area contributed by atoms with Crippen molar-refractivity contribution in [3.05, 3.63) is 30.3 Å². The van der Waals surface area contributed by atoms with Gasteiger partial charge in [-0.2, -0.15) is 0 Å². The molecule has 0 bridgehead atoms. The molecule has 1 aliphatic heterocycles. The van der Waals surface area contributed by atoms with E-state index in [1.165, 1.54) is 44.5 Å². The molecule has 0 radical (unpaired) electrons. The number of nitrogens with one attached hydrogen (secondary N) is 1. The Kier molecular flexibility index (Phi) is 5.53. The van der Waals surface area contributed by atoms with E-state index in [1.54, 1.807) is 0 Å². The van der Waals surface area contributed by atoms with Crippen molar-refractivity contribution < 1.29 is 4.74 Å². The highest BCUT2D eigenvalue weighted by molar-refractivity contribution is 5.46. The van der Waals surface area contributed by atoms with E-state index < -0.39 is 0 Å². The molecule has 3 nitrogen and oxygen atoms in total.